The van der Waals surface area contributed by atoms with Crippen LogP contribution in [-0.4, -0.2) is 29.2 Å². The van der Waals surface area contributed by atoms with Gasteiger partial charge in [-0.3, -0.25) is 0 Å². The van der Waals surface area contributed by atoms with E-state index in [2.05, 4.69) is 34.3 Å². The SMILES string of the molecule is Cc1ccc(-c2ncc(OC3CCNCC3)cn2)cc1. The molecular weight excluding hydrogens is 250 g/mol. The Morgan fingerprint density at radius 2 is 1.70 bits per heavy atom. The second-order valence-electron chi connectivity index (χ2n) is 5.18. The summed E-state index contributed by atoms with van der Waals surface area (Å²) in [5.41, 5.74) is 2.27. The molecule has 4 nitrogen and oxygen atoms in total. The highest BCUT2D eigenvalue weighted by atomic mass is 16.5. The minimum Gasteiger partial charge on any atom is -0.487 e. The molecular formula is C16H19N3O. The van der Waals surface area contributed by atoms with Crippen molar-refractivity contribution >= 4 is 0 Å². The molecule has 0 saturated carbocycles. The minimum atomic E-state index is 0.282. The van der Waals surface area contributed by atoms with Crippen molar-refractivity contribution in [1.29, 1.82) is 0 Å². The van der Waals surface area contributed by atoms with Gasteiger partial charge in [-0.05, 0) is 32.9 Å². The van der Waals surface area contributed by atoms with Crippen LogP contribution < -0.4 is 10.1 Å². The van der Waals surface area contributed by atoms with E-state index in [-0.39, 0.29) is 6.10 Å². The second kappa shape index (κ2) is 6.01. The van der Waals surface area contributed by atoms with E-state index in [9.17, 15) is 0 Å². The van der Waals surface area contributed by atoms with E-state index in [1.54, 1.807) is 12.4 Å². The summed E-state index contributed by atoms with van der Waals surface area (Å²) in [7, 11) is 0. The topological polar surface area (TPSA) is 47.0 Å². The van der Waals surface area contributed by atoms with E-state index in [0.29, 0.717) is 0 Å². The number of piperidine rings is 1. The molecule has 1 aromatic heterocycles. The number of benzene rings is 1. The van der Waals surface area contributed by atoms with Crippen molar-refractivity contribution in [1.82, 2.24) is 15.3 Å². The first-order chi connectivity index (χ1) is 9.81. The zero-order valence-corrected chi connectivity index (χ0v) is 11.7. The normalized spacial score (nSPS) is 16.1. The fourth-order valence-electron chi connectivity index (χ4n) is 2.33. The lowest BCUT2D eigenvalue weighted by atomic mass is 10.1. The Hall–Kier alpha value is -1.94. The van der Waals surface area contributed by atoms with E-state index in [0.717, 1.165) is 43.1 Å². The fraction of sp³-hybridized carbons (Fsp3) is 0.375. The van der Waals surface area contributed by atoms with Gasteiger partial charge in [0.2, 0.25) is 0 Å². The number of nitrogens with one attached hydrogen (secondary N) is 1. The Kier molecular flexibility index (Phi) is 3.92. The average Bonchev–Trinajstić information content (AvgIpc) is 2.50. The van der Waals surface area contributed by atoms with Gasteiger partial charge in [-0.2, -0.15) is 0 Å². The lowest BCUT2D eigenvalue weighted by Crippen LogP contribution is -2.34. The Labute approximate surface area is 119 Å². The summed E-state index contributed by atoms with van der Waals surface area (Å²) in [6, 6.07) is 8.21. The molecule has 0 radical (unpaired) electrons. The van der Waals surface area contributed by atoms with E-state index >= 15 is 0 Å². The van der Waals surface area contributed by atoms with Crippen LogP contribution in [0, 0.1) is 6.92 Å². The van der Waals surface area contributed by atoms with Crippen LogP contribution in [0.1, 0.15) is 18.4 Å². The van der Waals surface area contributed by atoms with Gasteiger partial charge in [0.15, 0.2) is 11.6 Å². The highest BCUT2D eigenvalue weighted by molar-refractivity contribution is 5.55. The van der Waals surface area contributed by atoms with Crippen LogP contribution in [0.15, 0.2) is 36.7 Å². The molecule has 1 aromatic carbocycles. The van der Waals surface area contributed by atoms with Crippen molar-refractivity contribution in [2.75, 3.05) is 13.1 Å². The van der Waals surface area contributed by atoms with Gasteiger partial charge in [0.25, 0.3) is 0 Å². The van der Waals surface area contributed by atoms with Gasteiger partial charge in [-0.15, -0.1) is 0 Å². The first-order valence-corrected chi connectivity index (χ1v) is 7.08. The van der Waals surface area contributed by atoms with Gasteiger partial charge in [-0.25, -0.2) is 9.97 Å². The number of hydrogen-bond acceptors (Lipinski definition) is 4. The summed E-state index contributed by atoms with van der Waals surface area (Å²) in [5, 5.41) is 3.32. The monoisotopic (exact) mass is 269 g/mol. The van der Waals surface area contributed by atoms with E-state index in [4.69, 9.17) is 4.74 Å². The highest BCUT2D eigenvalue weighted by Gasteiger charge is 2.14. The van der Waals surface area contributed by atoms with Crippen LogP contribution in [0.25, 0.3) is 11.4 Å². The Balaban J connectivity index is 1.69. The number of rotatable bonds is 3. The molecule has 2 heterocycles. The molecule has 20 heavy (non-hydrogen) atoms. The first-order valence-electron chi connectivity index (χ1n) is 7.08. The summed E-state index contributed by atoms with van der Waals surface area (Å²) in [5.74, 6) is 1.50. The van der Waals surface area contributed by atoms with Gasteiger partial charge in [0, 0.05) is 5.56 Å². The summed E-state index contributed by atoms with van der Waals surface area (Å²) in [6.45, 7) is 4.11. The molecule has 1 fully saturated rings. The number of aromatic nitrogens is 2. The standard InChI is InChI=1S/C16H19N3O/c1-12-2-4-13(5-3-12)16-18-10-15(11-19-16)20-14-6-8-17-9-7-14/h2-5,10-11,14,17H,6-9H2,1H3. The molecule has 0 spiro atoms. The maximum Gasteiger partial charge on any atom is 0.159 e. The van der Waals surface area contributed by atoms with Crippen LogP contribution in [0.3, 0.4) is 0 Å². The molecule has 4 heteroatoms. The van der Waals surface area contributed by atoms with E-state index in [1.165, 1.54) is 5.56 Å². The average molecular weight is 269 g/mol. The van der Waals surface area contributed by atoms with E-state index < -0.39 is 0 Å². The van der Waals surface area contributed by atoms with Crippen molar-refractivity contribution < 1.29 is 4.74 Å². The lowest BCUT2D eigenvalue weighted by molar-refractivity contribution is 0.161. The van der Waals surface area contributed by atoms with Crippen LogP contribution in [0.2, 0.25) is 0 Å². The molecule has 1 aliphatic rings. The van der Waals surface area contributed by atoms with Crippen LogP contribution in [-0.2, 0) is 0 Å². The Morgan fingerprint density at radius 1 is 1.05 bits per heavy atom. The predicted octanol–water partition coefficient (Wildman–Crippen LogP) is 2.58. The van der Waals surface area contributed by atoms with Gasteiger partial charge >= 0.3 is 0 Å². The molecule has 2 aromatic rings. The quantitative estimate of drug-likeness (QED) is 0.930. The van der Waals surface area contributed by atoms with Crippen molar-refractivity contribution in [2.24, 2.45) is 0 Å². The number of nitrogens with zero attached hydrogens (tertiary/aromatic N) is 2. The van der Waals surface area contributed by atoms with Gasteiger partial charge in [-0.1, -0.05) is 29.8 Å². The van der Waals surface area contributed by atoms with Crippen LogP contribution in [0.4, 0.5) is 0 Å². The molecule has 1 N–H and O–H groups in total. The maximum atomic E-state index is 5.90. The third-order valence-corrected chi connectivity index (χ3v) is 3.53. The third kappa shape index (κ3) is 3.14. The number of ether oxygens (including phenoxy) is 1. The fourth-order valence-corrected chi connectivity index (χ4v) is 2.33. The van der Waals surface area contributed by atoms with Crippen LogP contribution >= 0.6 is 0 Å². The summed E-state index contributed by atoms with van der Waals surface area (Å²) in [6.07, 6.45) is 5.90. The molecule has 104 valence electrons. The van der Waals surface area contributed by atoms with Crippen molar-refractivity contribution in [3.8, 4) is 17.1 Å². The molecule has 0 amide bonds. The molecule has 0 atom stereocenters. The van der Waals surface area contributed by atoms with Gasteiger partial charge in [0.05, 0.1) is 12.4 Å². The number of aryl methyl sites for hydroxylation is 1. The van der Waals surface area contributed by atoms with Crippen molar-refractivity contribution in [3.63, 3.8) is 0 Å². The van der Waals surface area contributed by atoms with Gasteiger partial charge < -0.3 is 10.1 Å². The second-order valence-corrected chi connectivity index (χ2v) is 5.18. The molecule has 1 aliphatic heterocycles. The minimum absolute atomic E-state index is 0.282. The largest absolute Gasteiger partial charge is 0.487 e. The molecule has 0 unspecified atom stereocenters. The lowest BCUT2D eigenvalue weighted by Gasteiger charge is -2.23. The summed E-state index contributed by atoms with van der Waals surface area (Å²) >= 11 is 0. The molecule has 0 bridgehead atoms. The Bertz CT molecular complexity index is 545. The Morgan fingerprint density at radius 3 is 2.35 bits per heavy atom. The zero-order chi connectivity index (χ0) is 13.8. The van der Waals surface area contributed by atoms with Gasteiger partial charge in [0.1, 0.15) is 6.10 Å². The number of hydrogen-bond donors (Lipinski definition) is 1. The maximum absolute atomic E-state index is 5.90. The summed E-state index contributed by atoms with van der Waals surface area (Å²) < 4.78 is 5.90. The smallest absolute Gasteiger partial charge is 0.159 e. The van der Waals surface area contributed by atoms with Crippen molar-refractivity contribution in [2.45, 2.75) is 25.9 Å². The molecule has 3 rings (SSSR count). The van der Waals surface area contributed by atoms with Crippen molar-refractivity contribution in [3.05, 3.63) is 42.2 Å². The summed E-state index contributed by atoms with van der Waals surface area (Å²) in [4.78, 5) is 8.78. The molecule has 1 saturated heterocycles. The molecule has 0 aliphatic carbocycles. The van der Waals surface area contributed by atoms with E-state index in [1.807, 2.05) is 12.1 Å². The zero-order valence-electron chi connectivity index (χ0n) is 11.7. The predicted molar refractivity (Wildman–Crippen MR) is 78.7 cm³/mol. The third-order valence-electron chi connectivity index (χ3n) is 3.53. The first kappa shape index (κ1) is 13.1. The highest BCUT2D eigenvalue weighted by Crippen LogP contribution is 2.19. The van der Waals surface area contributed by atoms with Crippen LogP contribution in [0.5, 0.6) is 5.75 Å².